The first kappa shape index (κ1) is 9.60. The number of hydrogen-bond donors (Lipinski definition) is 2. The fraction of sp³-hybridized carbons (Fsp3) is 0.222. The third kappa shape index (κ3) is 1.79. The highest BCUT2D eigenvalue weighted by molar-refractivity contribution is 5.79. The highest BCUT2D eigenvalue weighted by Gasteiger charge is 2.06. The van der Waals surface area contributed by atoms with E-state index in [1.165, 1.54) is 4.68 Å². The molecule has 0 spiro atoms. The van der Waals surface area contributed by atoms with Crippen LogP contribution in [0.4, 0.5) is 0 Å². The lowest BCUT2D eigenvalue weighted by molar-refractivity contribution is -0.118. The summed E-state index contributed by atoms with van der Waals surface area (Å²) >= 11 is 0. The minimum absolute atomic E-state index is 0.0402. The summed E-state index contributed by atoms with van der Waals surface area (Å²) in [6.45, 7) is 0.497. The molecule has 1 amide bonds. The Bertz CT molecular complexity index is 504. The minimum atomic E-state index is -0.440. The zero-order valence-electron chi connectivity index (χ0n) is 8.05. The molecule has 6 heteroatoms. The lowest BCUT2D eigenvalue weighted by atomic mass is 10.2. The first-order chi connectivity index (χ1) is 7.20. The van der Waals surface area contributed by atoms with Crippen LogP contribution in [0, 0.1) is 0 Å². The maximum atomic E-state index is 10.7. The number of nitrogens with two attached hydrogens (primary N) is 2. The molecule has 0 radical (unpaired) electrons. The molecule has 0 unspecified atom stereocenters. The summed E-state index contributed by atoms with van der Waals surface area (Å²) in [4.78, 5) is 10.7. The van der Waals surface area contributed by atoms with E-state index in [1.54, 1.807) is 0 Å². The zero-order chi connectivity index (χ0) is 10.8. The van der Waals surface area contributed by atoms with Crippen molar-refractivity contribution in [1.82, 2.24) is 15.0 Å². The third-order valence-electron chi connectivity index (χ3n) is 2.12. The summed E-state index contributed by atoms with van der Waals surface area (Å²) in [6, 6.07) is 5.56. The van der Waals surface area contributed by atoms with Crippen LogP contribution >= 0.6 is 0 Å². The van der Waals surface area contributed by atoms with Gasteiger partial charge in [0.15, 0.2) is 0 Å². The van der Waals surface area contributed by atoms with Crippen LogP contribution in [0.2, 0.25) is 0 Å². The Kier molecular flexibility index (Phi) is 2.34. The number of amides is 1. The van der Waals surface area contributed by atoms with Crippen LogP contribution in [0.25, 0.3) is 11.0 Å². The summed E-state index contributed by atoms with van der Waals surface area (Å²) in [7, 11) is 0. The lowest BCUT2D eigenvalue weighted by Gasteiger charge is -1.98. The first-order valence-electron chi connectivity index (χ1n) is 4.51. The molecule has 0 saturated heterocycles. The molecule has 1 aromatic heterocycles. The standard InChI is InChI=1S/C9H11N5O/c10-4-6-1-2-8-7(3-6)12-13-14(8)5-9(11)15/h1-3H,4-5,10H2,(H2,11,15). The normalized spacial score (nSPS) is 10.7. The number of carbonyl (C=O) groups is 1. The summed E-state index contributed by atoms with van der Waals surface area (Å²) in [5, 5.41) is 7.77. The Morgan fingerprint density at radius 1 is 1.47 bits per heavy atom. The number of hydrogen-bond acceptors (Lipinski definition) is 4. The molecule has 0 fully saturated rings. The molecule has 0 atom stereocenters. The van der Waals surface area contributed by atoms with Gasteiger partial charge in [-0.2, -0.15) is 0 Å². The molecule has 1 aromatic carbocycles. The Balaban J connectivity index is 2.47. The molecule has 0 bridgehead atoms. The van der Waals surface area contributed by atoms with Gasteiger partial charge in [0.05, 0.1) is 5.52 Å². The van der Waals surface area contributed by atoms with Gasteiger partial charge in [0.1, 0.15) is 12.1 Å². The minimum Gasteiger partial charge on any atom is -0.368 e. The van der Waals surface area contributed by atoms with E-state index in [2.05, 4.69) is 10.3 Å². The average Bonchev–Trinajstić information content (AvgIpc) is 2.60. The Labute approximate surface area is 85.8 Å². The SMILES string of the molecule is NCc1ccc2c(c1)nnn2CC(N)=O. The predicted octanol–water partition coefficient (Wildman–Crippen LogP) is -0.625. The molecule has 0 aliphatic carbocycles. The van der Waals surface area contributed by atoms with E-state index in [-0.39, 0.29) is 6.54 Å². The number of primary amides is 1. The van der Waals surface area contributed by atoms with Gasteiger partial charge in [0.25, 0.3) is 0 Å². The van der Waals surface area contributed by atoms with Crippen molar-refractivity contribution in [2.75, 3.05) is 0 Å². The summed E-state index contributed by atoms with van der Waals surface area (Å²) in [6.07, 6.45) is 0. The van der Waals surface area contributed by atoms with Crippen LogP contribution in [-0.4, -0.2) is 20.9 Å². The Morgan fingerprint density at radius 3 is 2.93 bits per heavy atom. The Morgan fingerprint density at radius 2 is 2.27 bits per heavy atom. The molecule has 2 aromatic rings. The van der Waals surface area contributed by atoms with Gasteiger partial charge in [-0.3, -0.25) is 4.79 Å². The first-order valence-corrected chi connectivity index (χ1v) is 4.51. The van der Waals surface area contributed by atoms with E-state index in [0.29, 0.717) is 6.54 Å². The van der Waals surface area contributed by atoms with Crippen molar-refractivity contribution in [2.24, 2.45) is 11.5 Å². The second kappa shape index (κ2) is 3.66. The van der Waals surface area contributed by atoms with Crippen molar-refractivity contribution < 1.29 is 4.79 Å². The van der Waals surface area contributed by atoms with Gasteiger partial charge >= 0.3 is 0 Å². The van der Waals surface area contributed by atoms with Gasteiger partial charge in [0.2, 0.25) is 5.91 Å². The van der Waals surface area contributed by atoms with Gasteiger partial charge in [-0.15, -0.1) is 5.10 Å². The van der Waals surface area contributed by atoms with Crippen molar-refractivity contribution in [3.63, 3.8) is 0 Å². The van der Waals surface area contributed by atoms with E-state index < -0.39 is 5.91 Å². The second-order valence-electron chi connectivity index (χ2n) is 3.24. The molecule has 1 heterocycles. The number of nitrogens with zero attached hydrogens (tertiary/aromatic N) is 3. The van der Waals surface area contributed by atoms with Crippen LogP contribution in [0.1, 0.15) is 5.56 Å². The van der Waals surface area contributed by atoms with Gasteiger partial charge in [0, 0.05) is 6.54 Å². The fourth-order valence-corrected chi connectivity index (χ4v) is 1.41. The summed E-state index contributed by atoms with van der Waals surface area (Å²) < 4.78 is 1.47. The van der Waals surface area contributed by atoms with E-state index >= 15 is 0 Å². The molecule has 0 saturated carbocycles. The van der Waals surface area contributed by atoms with E-state index in [1.807, 2.05) is 18.2 Å². The second-order valence-corrected chi connectivity index (χ2v) is 3.24. The predicted molar refractivity (Wildman–Crippen MR) is 54.6 cm³/mol. The Hall–Kier alpha value is -1.95. The van der Waals surface area contributed by atoms with Gasteiger partial charge in [-0.05, 0) is 17.7 Å². The van der Waals surface area contributed by atoms with Crippen LogP contribution in [0.5, 0.6) is 0 Å². The van der Waals surface area contributed by atoms with E-state index in [0.717, 1.165) is 16.6 Å². The maximum Gasteiger partial charge on any atom is 0.239 e. The molecule has 6 nitrogen and oxygen atoms in total. The largest absolute Gasteiger partial charge is 0.368 e. The van der Waals surface area contributed by atoms with Gasteiger partial charge in [-0.25, -0.2) is 4.68 Å². The van der Waals surface area contributed by atoms with Crippen LogP contribution in [0.3, 0.4) is 0 Å². The molecular formula is C9H11N5O. The molecule has 15 heavy (non-hydrogen) atoms. The van der Waals surface area contributed by atoms with Crippen molar-refractivity contribution >= 4 is 16.9 Å². The molecule has 2 rings (SSSR count). The monoisotopic (exact) mass is 205 g/mol. The molecular weight excluding hydrogens is 194 g/mol. The third-order valence-corrected chi connectivity index (χ3v) is 2.12. The summed E-state index contributed by atoms with van der Waals surface area (Å²) in [5.74, 6) is -0.440. The molecule has 0 aliphatic heterocycles. The van der Waals surface area contributed by atoms with E-state index in [9.17, 15) is 4.79 Å². The molecule has 4 N–H and O–H groups in total. The highest BCUT2D eigenvalue weighted by Crippen LogP contribution is 2.12. The van der Waals surface area contributed by atoms with Gasteiger partial charge < -0.3 is 11.5 Å². The number of aromatic nitrogens is 3. The highest BCUT2D eigenvalue weighted by atomic mass is 16.1. The number of rotatable bonds is 3. The lowest BCUT2D eigenvalue weighted by Crippen LogP contribution is -2.19. The topological polar surface area (TPSA) is 99.8 Å². The van der Waals surface area contributed by atoms with Crippen molar-refractivity contribution in [2.45, 2.75) is 13.1 Å². The fourth-order valence-electron chi connectivity index (χ4n) is 1.41. The zero-order valence-corrected chi connectivity index (χ0v) is 8.05. The average molecular weight is 205 g/mol. The quantitative estimate of drug-likeness (QED) is 0.697. The molecule has 0 aliphatic rings. The number of fused-ring (bicyclic) bond motifs is 1. The smallest absolute Gasteiger partial charge is 0.239 e. The number of carbonyl (C=O) groups excluding carboxylic acids is 1. The van der Waals surface area contributed by atoms with Crippen molar-refractivity contribution in [3.05, 3.63) is 23.8 Å². The number of benzene rings is 1. The van der Waals surface area contributed by atoms with Crippen molar-refractivity contribution in [3.8, 4) is 0 Å². The van der Waals surface area contributed by atoms with Crippen LogP contribution in [-0.2, 0) is 17.9 Å². The van der Waals surface area contributed by atoms with Crippen LogP contribution < -0.4 is 11.5 Å². The van der Waals surface area contributed by atoms with E-state index in [4.69, 9.17) is 11.5 Å². The van der Waals surface area contributed by atoms with Crippen LogP contribution in [0.15, 0.2) is 18.2 Å². The van der Waals surface area contributed by atoms with Crippen molar-refractivity contribution in [1.29, 1.82) is 0 Å². The van der Waals surface area contributed by atoms with Gasteiger partial charge in [-0.1, -0.05) is 11.3 Å². The maximum absolute atomic E-state index is 10.7. The molecule has 78 valence electrons. The summed E-state index contributed by atoms with van der Waals surface area (Å²) in [5.41, 5.74) is 13.1.